The molecule has 0 bridgehead atoms. The van der Waals surface area contributed by atoms with E-state index < -0.39 is 5.91 Å². The largest absolute Gasteiger partial charge is 0.356 e. The summed E-state index contributed by atoms with van der Waals surface area (Å²) in [5, 5.41) is 3.28. The zero-order valence-corrected chi connectivity index (χ0v) is 17.0. The van der Waals surface area contributed by atoms with Gasteiger partial charge in [0, 0.05) is 34.9 Å². The number of H-pyrrole nitrogens is 1. The second-order valence-corrected chi connectivity index (χ2v) is 7.64. The molecule has 0 atom stereocenters. The Balaban J connectivity index is 1.61. The lowest BCUT2D eigenvalue weighted by molar-refractivity contribution is 0.0924. The van der Waals surface area contributed by atoms with Gasteiger partial charge in [-0.1, -0.05) is 11.6 Å². The molecule has 10 heteroatoms. The zero-order chi connectivity index (χ0) is 19.6. The standard InChI is InChI=1S/C17H20BrClN6O2/c1-9-12(18)8-13(21-9)17(27)22-11-2-4-25(5-3-11)15-7-10(16(26)24-20)6-14(19)23-15/h6-8,11,21H,2-5,20H2,1H3,(H,22,27)(H,24,26). The predicted molar refractivity (Wildman–Crippen MR) is 107 cm³/mol. The number of anilines is 1. The first-order valence-electron chi connectivity index (χ1n) is 8.47. The third kappa shape index (κ3) is 4.60. The molecule has 2 amide bonds. The summed E-state index contributed by atoms with van der Waals surface area (Å²) in [5.41, 5.74) is 3.90. The van der Waals surface area contributed by atoms with E-state index in [1.54, 1.807) is 12.1 Å². The first kappa shape index (κ1) is 19.7. The van der Waals surface area contributed by atoms with Crippen LogP contribution in [0.15, 0.2) is 22.7 Å². The average molecular weight is 456 g/mol. The number of nitrogen functional groups attached to an aromatic ring is 1. The quantitative estimate of drug-likeness (QED) is 0.244. The molecule has 1 fully saturated rings. The number of carbonyl (C=O) groups is 2. The summed E-state index contributed by atoms with van der Waals surface area (Å²) < 4.78 is 0.881. The van der Waals surface area contributed by atoms with E-state index in [-0.39, 0.29) is 17.1 Å². The SMILES string of the molecule is Cc1[nH]c(C(=O)NC2CCN(c3cc(C(=O)NN)cc(Cl)n3)CC2)cc1Br. The van der Waals surface area contributed by atoms with Crippen LogP contribution in [0, 0.1) is 6.92 Å². The highest BCUT2D eigenvalue weighted by atomic mass is 79.9. The molecule has 0 aliphatic carbocycles. The number of aryl methyl sites for hydroxylation is 1. The highest BCUT2D eigenvalue weighted by Crippen LogP contribution is 2.23. The molecule has 3 rings (SSSR count). The van der Waals surface area contributed by atoms with Crippen molar-refractivity contribution < 1.29 is 9.59 Å². The second kappa shape index (κ2) is 8.28. The molecule has 0 radical (unpaired) electrons. The van der Waals surface area contributed by atoms with Gasteiger partial charge in [-0.05, 0) is 53.9 Å². The van der Waals surface area contributed by atoms with Crippen molar-refractivity contribution in [1.29, 1.82) is 0 Å². The molecule has 0 unspecified atom stereocenters. The van der Waals surface area contributed by atoms with Gasteiger partial charge in [0.1, 0.15) is 16.7 Å². The van der Waals surface area contributed by atoms with Crippen LogP contribution >= 0.6 is 27.5 Å². The number of aromatic nitrogens is 2. The Kier molecular flexibility index (Phi) is 6.03. The maximum Gasteiger partial charge on any atom is 0.267 e. The van der Waals surface area contributed by atoms with Crippen LogP contribution in [-0.4, -0.2) is 40.9 Å². The lowest BCUT2D eigenvalue weighted by atomic mass is 10.0. The fourth-order valence-corrected chi connectivity index (χ4v) is 3.56. The van der Waals surface area contributed by atoms with Gasteiger partial charge in [-0.3, -0.25) is 15.0 Å². The Morgan fingerprint density at radius 2 is 2.00 bits per heavy atom. The topological polar surface area (TPSA) is 116 Å². The molecule has 27 heavy (non-hydrogen) atoms. The van der Waals surface area contributed by atoms with E-state index in [2.05, 4.69) is 36.6 Å². The van der Waals surface area contributed by atoms with Gasteiger partial charge in [-0.15, -0.1) is 0 Å². The summed E-state index contributed by atoms with van der Waals surface area (Å²) in [6.45, 7) is 3.28. The van der Waals surface area contributed by atoms with Gasteiger partial charge < -0.3 is 15.2 Å². The molecule has 1 aliphatic rings. The number of nitrogens with one attached hydrogen (secondary N) is 3. The fraction of sp³-hybridized carbons (Fsp3) is 0.353. The second-order valence-electron chi connectivity index (χ2n) is 6.40. The summed E-state index contributed by atoms with van der Waals surface area (Å²) in [7, 11) is 0. The number of nitrogens with two attached hydrogens (primary N) is 1. The van der Waals surface area contributed by atoms with E-state index in [0.717, 1.165) is 23.0 Å². The van der Waals surface area contributed by atoms with Gasteiger partial charge in [0.2, 0.25) is 0 Å². The predicted octanol–water partition coefficient (Wildman–Crippen LogP) is 2.14. The van der Waals surface area contributed by atoms with Crippen LogP contribution in [0.25, 0.3) is 0 Å². The number of hydrogen-bond acceptors (Lipinski definition) is 5. The van der Waals surface area contributed by atoms with Crippen molar-refractivity contribution in [3.05, 3.63) is 44.8 Å². The average Bonchev–Trinajstić information content (AvgIpc) is 3.00. The number of rotatable bonds is 4. The van der Waals surface area contributed by atoms with Crippen LogP contribution in [0.3, 0.4) is 0 Å². The zero-order valence-electron chi connectivity index (χ0n) is 14.7. The first-order chi connectivity index (χ1) is 12.9. The minimum atomic E-state index is -0.421. The molecular weight excluding hydrogens is 436 g/mol. The molecule has 0 spiro atoms. The van der Waals surface area contributed by atoms with E-state index in [9.17, 15) is 9.59 Å². The molecule has 0 saturated carbocycles. The minimum Gasteiger partial charge on any atom is -0.356 e. The molecule has 8 nitrogen and oxygen atoms in total. The number of aromatic amines is 1. The third-order valence-corrected chi connectivity index (χ3v) is 5.54. The molecule has 0 aromatic carbocycles. The Morgan fingerprint density at radius 1 is 1.30 bits per heavy atom. The van der Waals surface area contributed by atoms with Gasteiger partial charge in [-0.25, -0.2) is 10.8 Å². The molecule has 5 N–H and O–H groups in total. The van der Waals surface area contributed by atoms with Crippen molar-refractivity contribution in [2.75, 3.05) is 18.0 Å². The number of halogens is 2. The lowest BCUT2D eigenvalue weighted by Gasteiger charge is -2.33. The summed E-state index contributed by atoms with van der Waals surface area (Å²) in [6, 6.07) is 4.98. The number of hydrazine groups is 1. The van der Waals surface area contributed by atoms with E-state index in [1.165, 1.54) is 6.07 Å². The third-order valence-electron chi connectivity index (χ3n) is 4.52. The van der Waals surface area contributed by atoms with Gasteiger partial charge in [0.15, 0.2) is 0 Å². The number of pyridine rings is 1. The maximum absolute atomic E-state index is 12.4. The van der Waals surface area contributed by atoms with Crippen LogP contribution in [0.5, 0.6) is 0 Å². The number of nitrogens with zero attached hydrogens (tertiary/aromatic N) is 2. The number of piperidine rings is 1. The van der Waals surface area contributed by atoms with Crippen molar-refractivity contribution in [3.63, 3.8) is 0 Å². The highest BCUT2D eigenvalue weighted by molar-refractivity contribution is 9.10. The van der Waals surface area contributed by atoms with Gasteiger partial charge in [-0.2, -0.15) is 0 Å². The normalized spacial score (nSPS) is 14.9. The van der Waals surface area contributed by atoms with Gasteiger partial charge in [0.05, 0.1) is 0 Å². The van der Waals surface area contributed by atoms with Gasteiger partial charge >= 0.3 is 0 Å². The molecule has 144 valence electrons. The minimum absolute atomic E-state index is 0.0714. The van der Waals surface area contributed by atoms with Crippen LogP contribution in [0.4, 0.5) is 5.82 Å². The Morgan fingerprint density at radius 3 is 2.59 bits per heavy atom. The van der Waals surface area contributed by atoms with Crippen LogP contribution in [-0.2, 0) is 0 Å². The smallest absolute Gasteiger partial charge is 0.267 e. The Hall–Kier alpha value is -2.10. The van der Waals surface area contributed by atoms with Crippen molar-refractivity contribution >= 4 is 45.2 Å². The summed E-state index contributed by atoms with van der Waals surface area (Å²) >= 11 is 9.43. The van der Waals surface area contributed by atoms with E-state index in [4.69, 9.17) is 17.4 Å². The number of amides is 2. The van der Waals surface area contributed by atoms with E-state index >= 15 is 0 Å². The van der Waals surface area contributed by atoms with Crippen molar-refractivity contribution in [2.45, 2.75) is 25.8 Å². The molecule has 3 heterocycles. The van der Waals surface area contributed by atoms with Gasteiger partial charge in [0.25, 0.3) is 11.8 Å². The summed E-state index contributed by atoms with van der Waals surface area (Å²) in [5.74, 6) is 5.26. The van der Waals surface area contributed by atoms with Crippen LogP contribution < -0.4 is 21.5 Å². The Bertz CT molecular complexity index is 844. The molecule has 1 aliphatic heterocycles. The first-order valence-corrected chi connectivity index (χ1v) is 9.64. The lowest BCUT2D eigenvalue weighted by Crippen LogP contribution is -2.45. The number of hydrogen-bond donors (Lipinski definition) is 4. The maximum atomic E-state index is 12.4. The van der Waals surface area contributed by atoms with Crippen LogP contribution in [0.1, 0.15) is 39.4 Å². The Labute approximate surface area is 169 Å². The van der Waals surface area contributed by atoms with Crippen LogP contribution in [0.2, 0.25) is 5.15 Å². The van der Waals surface area contributed by atoms with Crippen molar-refractivity contribution in [2.24, 2.45) is 5.84 Å². The summed E-state index contributed by atoms with van der Waals surface area (Å²) in [4.78, 5) is 33.5. The van der Waals surface area contributed by atoms with E-state index in [0.29, 0.717) is 30.2 Å². The molecule has 2 aromatic heterocycles. The number of carbonyl (C=O) groups excluding carboxylic acids is 2. The molecule has 1 saturated heterocycles. The monoisotopic (exact) mass is 454 g/mol. The van der Waals surface area contributed by atoms with Crippen molar-refractivity contribution in [3.8, 4) is 0 Å². The molecule has 2 aromatic rings. The molecular formula is C17H20BrClN6O2. The summed E-state index contributed by atoms with van der Waals surface area (Å²) in [6.07, 6.45) is 1.53. The van der Waals surface area contributed by atoms with Crippen molar-refractivity contribution in [1.82, 2.24) is 20.7 Å². The highest BCUT2D eigenvalue weighted by Gasteiger charge is 2.23. The fourth-order valence-electron chi connectivity index (χ4n) is 3.03. The van der Waals surface area contributed by atoms with E-state index in [1.807, 2.05) is 11.8 Å².